The van der Waals surface area contributed by atoms with Crippen molar-refractivity contribution >= 4 is 17.7 Å². The minimum absolute atomic E-state index is 0.0715. The number of nitrogens with zero attached hydrogens (tertiary/aromatic N) is 2. The number of anilines is 1. The first-order valence-corrected chi connectivity index (χ1v) is 13.2. The first-order valence-electron chi connectivity index (χ1n) is 13.2. The van der Waals surface area contributed by atoms with Crippen LogP contribution in [0.3, 0.4) is 0 Å². The molecular weight excluding hydrogens is 476 g/mol. The van der Waals surface area contributed by atoms with Gasteiger partial charge in [-0.25, -0.2) is 0 Å². The molecule has 2 aromatic carbocycles. The van der Waals surface area contributed by atoms with E-state index in [0.29, 0.717) is 18.2 Å². The molecule has 0 aliphatic carbocycles. The minimum Gasteiger partial charge on any atom is -0.397 e. The van der Waals surface area contributed by atoms with Crippen LogP contribution in [0.2, 0.25) is 0 Å². The van der Waals surface area contributed by atoms with Crippen LogP contribution < -0.4 is 16.0 Å². The summed E-state index contributed by atoms with van der Waals surface area (Å²) < 4.78 is 5.45. The molecule has 1 aliphatic rings. The van der Waals surface area contributed by atoms with Gasteiger partial charge in [0.15, 0.2) is 6.29 Å². The fourth-order valence-electron chi connectivity index (χ4n) is 4.66. The van der Waals surface area contributed by atoms with E-state index in [2.05, 4.69) is 65.8 Å². The van der Waals surface area contributed by atoms with Crippen molar-refractivity contribution in [2.24, 2.45) is 5.73 Å². The van der Waals surface area contributed by atoms with E-state index in [-0.39, 0.29) is 6.10 Å². The van der Waals surface area contributed by atoms with Gasteiger partial charge >= 0.3 is 0 Å². The van der Waals surface area contributed by atoms with E-state index in [1.807, 2.05) is 38.2 Å². The second kappa shape index (κ2) is 14.5. The Kier molecular flexibility index (Phi) is 11.1. The lowest BCUT2D eigenvalue weighted by atomic mass is 10.0. The Hall–Kier alpha value is -3.39. The second-order valence-corrected chi connectivity index (χ2v) is 10.1. The Morgan fingerprint density at radius 2 is 1.79 bits per heavy atom. The molecule has 204 valence electrons. The minimum atomic E-state index is -0.678. The van der Waals surface area contributed by atoms with Crippen LogP contribution in [0.1, 0.15) is 43.4 Å². The van der Waals surface area contributed by atoms with Crippen LogP contribution >= 0.6 is 0 Å². The summed E-state index contributed by atoms with van der Waals surface area (Å²) in [6.07, 6.45) is 9.76. The maximum Gasteiger partial charge on any atom is 0.156 e. The van der Waals surface area contributed by atoms with Crippen LogP contribution in [0.4, 0.5) is 5.69 Å². The Balaban J connectivity index is 1.45. The van der Waals surface area contributed by atoms with Gasteiger partial charge in [0, 0.05) is 50.7 Å². The molecule has 0 bridgehead atoms. The van der Waals surface area contributed by atoms with E-state index in [4.69, 9.17) is 10.5 Å². The van der Waals surface area contributed by atoms with Crippen LogP contribution in [0.5, 0.6) is 0 Å². The molecule has 3 unspecified atom stereocenters. The summed E-state index contributed by atoms with van der Waals surface area (Å²) in [4.78, 5) is 14.8. The van der Waals surface area contributed by atoms with Gasteiger partial charge in [-0.15, -0.1) is 0 Å². The van der Waals surface area contributed by atoms with E-state index >= 15 is 0 Å². The van der Waals surface area contributed by atoms with Crippen molar-refractivity contribution in [1.82, 2.24) is 10.2 Å². The van der Waals surface area contributed by atoms with Gasteiger partial charge in [0.25, 0.3) is 0 Å². The quantitative estimate of drug-likeness (QED) is 0.168. The predicted molar refractivity (Wildman–Crippen MR) is 155 cm³/mol. The number of aldehydes is 1. The molecule has 7 nitrogen and oxygen atoms in total. The van der Waals surface area contributed by atoms with Crippen molar-refractivity contribution in [1.29, 1.82) is 0 Å². The van der Waals surface area contributed by atoms with Gasteiger partial charge in [0.1, 0.15) is 6.29 Å². The van der Waals surface area contributed by atoms with Gasteiger partial charge in [0.2, 0.25) is 0 Å². The number of hydrogen-bond acceptors (Lipinski definition) is 7. The Labute approximate surface area is 227 Å². The molecule has 7 heteroatoms. The van der Waals surface area contributed by atoms with E-state index in [9.17, 15) is 9.90 Å². The topological polar surface area (TPSA) is 91.1 Å². The number of ether oxygens (including phenoxy) is 1. The van der Waals surface area contributed by atoms with Gasteiger partial charge in [-0.1, -0.05) is 42.5 Å². The molecular formula is C31H42N4O3. The number of allylic oxidation sites excluding steroid dienone is 3. The zero-order chi connectivity index (χ0) is 27.5. The average molecular weight is 519 g/mol. The Morgan fingerprint density at radius 3 is 2.45 bits per heavy atom. The third-order valence-corrected chi connectivity index (χ3v) is 6.80. The maximum atomic E-state index is 10.5. The SMILES string of the molecule is CC(/C=C\C=O)=C/N(C)c1ccc(CCN/C=C(\N)c2ccc(CN(C)C3CC(C)OC(O)C3)cc2)cc1. The molecule has 0 aromatic heterocycles. The third-order valence-electron chi connectivity index (χ3n) is 6.80. The van der Waals surface area contributed by atoms with Crippen LogP contribution in [-0.2, 0) is 22.5 Å². The largest absolute Gasteiger partial charge is 0.397 e. The maximum absolute atomic E-state index is 10.5. The molecule has 0 amide bonds. The van der Waals surface area contributed by atoms with Gasteiger partial charge in [-0.2, -0.15) is 0 Å². The lowest BCUT2D eigenvalue weighted by molar-refractivity contribution is -0.174. The van der Waals surface area contributed by atoms with Crippen molar-refractivity contribution in [2.45, 2.75) is 58.1 Å². The highest BCUT2D eigenvalue weighted by Gasteiger charge is 2.28. The molecule has 1 fully saturated rings. The molecule has 0 radical (unpaired) electrons. The molecule has 1 heterocycles. The van der Waals surface area contributed by atoms with Crippen molar-refractivity contribution < 1.29 is 14.6 Å². The van der Waals surface area contributed by atoms with Gasteiger partial charge in [0.05, 0.1) is 11.8 Å². The summed E-state index contributed by atoms with van der Waals surface area (Å²) in [5, 5.41) is 13.2. The molecule has 3 rings (SSSR count). The normalized spacial score (nSPS) is 20.6. The first-order chi connectivity index (χ1) is 18.2. The smallest absolute Gasteiger partial charge is 0.156 e. The van der Waals surface area contributed by atoms with Crippen LogP contribution in [0.15, 0.2) is 78.7 Å². The van der Waals surface area contributed by atoms with Crippen molar-refractivity contribution in [2.75, 3.05) is 25.5 Å². The molecule has 2 aromatic rings. The third kappa shape index (κ3) is 9.17. The summed E-state index contributed by atoms with van der Waals surface area (Å²) in [5.41, 5.74) is 12.5. The summed E-state index contributed by atoms with van der Waals surface area (Å²) in [5.74, 6) is 0. The summed E-state index contributed by atoms with van der Waals surface area (Å²) in [6.45, 7) is 5.57. The molecule has 0 saturated carbocycles. The van der Waals surface area contributed by atoms with Crippen molar-refractivity contribution in [3.63, 3.8) is 0 Å². The average Bonchev–Trinajstić information content (AvgIpc) is 2.90. The van der Waals surface area contributed by atoms with Gasteiger partial charge in [-0.3, -0.25) is 9.69 Å². The summed E-state index contributed by atoms with van der Waals surface area (Å²) in [7, 11) is 4.09. The van der Waals surface area contributed by atoms with Crippen molar-refractivity contribution in [3.05, 3.63) is 95.3 Å². The zero-order valence-corrected chi connectivity index (χ0v) is 23.0. The standard InChI is InChI=1S/C31H42N4O3/c1-23(6-5-17-36)21-34(3)28-13-9-25(10-14-28)15-16-33-20-30(32)27-11-7-26(8-12-27)22-35(4)29-18-24(2)38-31(37)19-29/h5-14,17,20-21,24,29,31,33,37H,15-16,18-19,22,32H2,1-4H3/b6-5-,23-21-,30-20-. The van der Waals surface area contributed by atoms with Crippen LogP contribution in [-0.4, -0.2) is 55.4 Å². The first kappa shape index (κ1) is 29.2. The zero-order valence-electron chi connectivity index (χ0n) is 23.0. The number of aliphatic hydroxyl groups is 1. The molecule has 1 aliphatic heterocycles. The summed E-state index contributed by atoms with van der Waals surface area (Å²) >= 11 is 0. The monoisotopic (exact) mass is 518 g/mol. The fourth-order valence-corrected chi connectivity index (χ4v) is 4.66. The van der Waals surface area contributed by atoms with Crippen LogP contribution in [0, 0.1) is 0 Å². The number of benzene rings is 2. The fraction of sp³-hybridized carbons (Fsp3) is 0.387. The lowest BCUT2D eigenvalue weighted by Gasteiger charge is -2.36. The van der Waals surface area contributed by atoms with Gasteiger partial charge in [-0.05, 0) is 74.2 Å². The predicted octanol–water partition coefficient (Wildman–Crippen LogP) is 4.19. The highest BCUT2D eigenvalue weighted by atomic mass is 16.6. The molecule has 3 atom stereocenters. The number of hydrogen-bond donors (Lipinski definition) is 3. The number of nitrogens with one attached hydrogen (secondary N) is 1. The Bertz CT molecular complexity index is 1100. The Morgan fingerprint density at radius 1 is 1.11 bits per heavy atom. The second-order valence-electron chi connectivity index (χ2n) is 10.1. The summed E-state index contributed by atoms with van der Waals surface area (Å²) in [6, 6.07) is 17.1. The van der Waals surface area contributed by atoms with E-state index < -0.39 is 6.29 Å². The molecule has 0 spiro atoms. The van der Waals surface area contributed by atoms with Gasteiger partial charge < -0.3 is 25.8 Å². The molecule has 1 saturated heterocycles. The highest BCUT2D eigenvalue weighted by molar-refractivity contribution is 5.66. The number of nitrogens with two attached hydrogens (primary N) is 1. The number of carbonyl (C=O) groups excluding carboxylic acids is 1. The highest BCUT2D eigenvalue weighted by Crippen LogP contribution is 2.23. The number of carbonyl (C=O) groups is 1. The van der Waals surface area contributed by atoms with E-state index in [1.54, 1.807) is 6.08 Å². The molecule has 4 N–H and O–H groups in total. The number of rotatable bonds is 12. The molecule has 38 heavy (non-hydrogen) atoms. The van der Waals surface area contributed by atoms with E-state index in [1.165, 1.54) is 17.2 Å². The van der Waals surface area contributed by atoms with Crippen molar-refractivity contribution in [3.8, 4) is 0 Å². The number of aliphatic hydroxyl groups excluding tert-OH is 1. The lowest BCUT2D eigenvalue weighted by Crippen LogP contribution is -2.42. The van der Waals surface area contributed by atoms with E-state index in [0.717, 1.165) is 49.0 Å². The van der Waals surface area contributed by atoms with Crippen LogP contribution in [0.25, 0.3) is 5.70 Å².